The van der Waals surface area contributed by atoms with Crippen molar-refractivity contribution in [2.24, 2.45) is 0 Å². The summed E-state index contributed by atoms with van der Waals surface area (Å²) in [6, 6.07) is 6.84. The highest BCUT2D eigenvalue weighted by atomic mass is 32.2. The van der Waals surface area contributed by atoms with E-state index in [1.165, 1.54) is 42.4 Å². The fourth-order valence-corrected chi connectivity index (χ4v) is 3.90. The van der Waals surface area contributed by atoms with Gasteiger partial charge in [-0.05, 0) is 48.8 Å². The lowest BCUT2D eigenvalue weighted by molar-refractivity contribution is -0.122. The lowest BCUT2D eigenvalue weighted by Crippen LogP contribution is -2.42. The number of nitrogens with one attached hydrogen (secondary N) is 2. The summed E-state index contributed by atoms with van der Waals surface area (Å²) >= 11 is 1.78. The van der Waals surface area contributed by atoms with Gasteiger partial charge in [0.2, 0.25) is 5.91 Å². The van der Waals surface area contributed by atoms with Gasteiger partial charge in [0.05, 0.1) is 6.04 Å². The first kappa shape index (κ1) is 14.0. The summed E-state index contributed by atoms with van der Waals surface area (Å²) in [7, 11) is 0. The molecule has 3 nitrogen and oxygen atoms in total. The molecule has 1 aromatic rings. The highest BCUT2D eigenvalue weighted by molar-refractivity contribution is 7.99. The molecule has 1 aliphatic heterocycles. The first-order valence-corrected chi connectivity index (χ1v) is 8.68. The summed E-state index contributed by atoms with van der Waals surface area (Å²) < 4.78 is 0. The van der Waals surface area contributed by atoms with Crippen LogP contribution in [-0.2, 0) is 24.1 Å². The Morgan fingerprint density at radius 3 is 2.95 bits per heavy atom. The summed E-state index contributed by atoms with van der Waals surface area (Å²) in [5.74, 6) is 1.93. The van der Waals surface area contributed by atoms with Crippen molar-refractivity contribution in [3.05, 3.63) is 34.9 Å². The number of aryl methyl sites for hydroxylation is 2. The summed E-state index contributed by atoms with van der Waals surface area (Å²) in [5.41, 5.74) is 4.39. The number of fused-ring (bicyclic) bond motifs is 1. The molecule has 1 saturated heterocycles. The predicted molar refractivity (Wildman–Crippen MR) is 84.0 cm³/mol. The van der Waals surface area contributed by atoms with Crippen LogP contribution in [0.5, 0.6) is 0 Å². The summed E-state index contributed by atoms with van der Waals surface area (Å²) in [4.78, 5) is 11.9. The van der Waals surface area contributed by atoms with Crippen LogP contribution in [0.2, 0.25) is 0 Å². The van der Waals surface area contributed by atoms with Gasteiger partial charge in [0.1, 0.15) is 0 Å². The van der Waals surface area contributed by atoms with Crippen LogP contribution in [0, 0.1) is 0 Å². The van der Waals surface area contributed by atoms with Gasteiger partial charge in [0, 0.05) is 18.2 Å². The minimum atomic E-state index is 0.00327. The van der Waals surface area contributed by atoms with Crippen LogP contribution in [0.4, 0.5) is 0 Å². The third-order valence-electron chi connectivity index (χ3n) is 4.16. The molecule has 4 heteroatoms. The Kier molecular flexibility index (Phi) is 4.63. The molecule has 0 saturated carbocycles. The SMILES string of the molecule is O=C(NCCc1ccc2c(c1)CCCC2)C1CSCN1. The molecule has 0 spiro atoms. The van der Waals surface area contributed by atoms with Crippen LogP contribution < -0.4 is 10.6 Å². The van der Waals surface area contributed by atoms with Gasteiger partial charge < -0.3 is 5.32 Å². The molecule has 2 N–H and O–H groups in total. The van der Waals surface area contributed by atoms with E-state index in [4.69, 9.17) is 0 Å². The molecule has 1 atom stereocenters. The number of rotatable bonds is 4. The maximum atomic E-state index is 11.9. The average Bonchev–Trinajstić information content (AvgIpc) is 3.01. The quantitative estimate of drug-likeness (QED) is 0.890. The maximum absolute atomic E-state index is 11.9. The average molecular weight is 290 g/mol. The predicted octanol–water partition coefficient (Wildman–Crippen LogP) is 1.89. The molecule has 1 unspecified atom stereocenters. The Balaban J connectivity index is 1.49. The van der Waals surface area contributed by atoms with Crippen molar-refractivity contribution >= 4 is 17.7 Å². The summed E-state index contributed by atoms with van der Waals surface area (Å²) in [6.07, 6.45) is 6.03. The van der Waals surface area contributed by atoms with Crippen LogP contribution in [0.25, 0.3) is 0 Å². The highest BCUT2D eigenvalue weighted by Crippen LogP contribution is 2.22. The normalized spacial score (nSPS) is 21.5. The number of benzene rings is 1. The molecule has 3 rings (SSSR count). The Labute approximate surface area is 124 Å². The van der Waals surface area contributed by atoms with E-state index in [2.05, 4.69) is 28.8 Å². The van der Waals surface area contributed by atoms with Crippen LogP contribution in [0.15, 0.2) is 18.2 Å². The monoisotopic (exact) mass is 290 g/mol. The van der Waals surface area contributed by atoms with Crippen LogP contribution >= 0.6 is 11.8 Å². The standard InChI is InChI=1S/C16H22N2OS/c19-16(15-10-20-11-18-15)17-8-7-12-5-6-13-3-1-2-4-14(13)9-12/h5-6,9,15,18H,1-4,7-8,10-11H2,(H,17,19). The maximum Gasteiger partial charge on any atom is 0.238 e. The largest absolute Gasteiger partial charge is 0.354 e. The molecule has 2 aliphatic rings. The second kappa shape index (κ2) is 6.64. The number of hydrogen-bond donors (Lipinski definition) is 2. The second-order valence-electron chi connectivity index (χ2n) is 5.62. The molecular formula is C16H22N2OS. The van der Waals surface area contributed by atoms with Gasteiger partial charge in [0.25, 0.3) is 0 Å². The summed E-state index contributed by atoms with van der Waals surface area (Å²) in [5, 5.41) is 6.24. The van der Waals surface area contributed by atoms with Crippen molar-refractivity contribution in [1.82, 2.24) is 10.6 Å². The van der Waals surface area contributed by atoms with Gasteiger partial charge in [-0.25, -0.2) is 0 Å². The summed E-state index contributed by atoms with van der Waals surface area (Å²) in [6.45, 7) is 0.737. The van der Waals surface area contributed by atoms with Crippen molar-refractivity contribution in [2.75, 3.05) is 18.2 Å². The minimum absolute atomic E-state index is 0.00327. The molecule has 108 valence electrons. The van der Waals surface area contributed by atoms with Gasteiger partial charge in [-0.15, -0.1) is 11.8 Å². The number of carbonyl (C=O) groups is 1. The zero-order valence-electron chi connectivity index (χ0n) is 11.8. The molecule has 1 aromatic carbocycles. The van der Waals surface area contributed by atoms with Crippen molar-refractivity contribution in [3.63, 3.8) is 0 Å². The zero-order valence-corrected chi connectivity index (χ0v) is 12.6. The van der Waals surface area contributed by atoms with Crippen molar-refractivity contribution < 1.29 is 4.79 Å². The second-order valence-corrected chi connectivity index (χ2v) is 6.65. The van der Waals surface area contributed by atoms with Gasteiger partial charge in [-0.1, -0.05) is 18.2 Å². The number of thioether (sulfide) groups is 1. The molecule has 1 amide bonds. The van der Waals surface area contributed by atoms with E-state index in [9.17, 15) is 4.79 Å². The van der Waals surface area contributed by atoms with Crippen molar-refractivity contribution in [2.45, 2.75) is 38.1 Å². The van der Waals surface area contributed by atoms with Crippen LogP contribution in [-0.4, -0.2) is 30.1 Å². The van der Waals surface area contributed by atoms with E-state index in [0.29, 0.717) is 0 Å². The van der Waals surface area contributed by atoms with Gasteiger partial charge >= 0.3 is 0 Å². The molecular weight excluding hydrogens is 268 g/mol. The Morgan fingerprint density at radius 1 is 1.30 bits per heavy atom. The fourth-order valence-electron chi connectivity index (χ4n) is 2.96. The van der Waals surface area contributed by atoms with Gasteiger partial charge in [-0.3, -0.25) is 10.1 Å². The zero-order chi connectivity index (χ0) is 13.8. The lowest BCUT2D eigenvalue weighted by Gasteiger charge is -2.17. The number of amides is 1. The molecule has 20 heavy (non-hydrogen) atoms. The van der Waals surface area contributed by atoms with Crippen molar-refractivity contribution in [3.8, 4) is 0 Å². The third kappa shape index (κ3) is 3.36. The van der Waals surface area contributed by atoms with E-state index in [1.54, 1.807) is 11.8 Å². The molecule has 0 aromatic heterocycles. The highest BCUT2D eigenvalue weighted by Gasteiger charge is 2.21. The van der Waals surface area contributed by atoms with Crippen LogP contribution in [0.3, 0.4) is 0 Å². The van der Waals surface area contributed by atoms with E-state index in [1.807, 2.05) is 0 Å². The third-order valence-corrected chi connectivity index (χ3v) is 5.10. The van der Waals surface area contributed by atoms with Crippen molar-refractivity contribution in [1.29, 1.82) is 0 Å². The molecule has 0 radical (unpaired) electrons. The minimum Gasteiger partial charge on any atom is -0.354 e. The topological polar surface area (TPSA) is 41.1 Å². The van der Waals surface area contributed by atoms with E-state index in [0.717, 1.165) is 24.6 Å². The number of hydrogen-bond acceptors (Lipinski definition) is 3. The molecule has 1 aliphatic carbocycles. The lowest BCUT2D eigenvalue weighted by atomic mass is 9.90. The van der Waals surface area contributed by atoms with E-state index < -0.39 is 0 Å². The Hall–Kier alpha value is -1.00. The van der Waals surface area contributed by atoms with Gasteiger partial charge in [-0.2, -0.15) is 0 Å². The van der Waals surface area contributed by atoms with E-state index in [-0.39, 0.29) is 11.9 Å². The Morgan fingerprint density at radius 2 is 2.15 bits per heavy atom. The molecule has 0 bridgehead atoms. The smallest absolute Gasteiger partial charge is 0.238 e. The Bertz CT molecular complexity index is 483. The fraction of sp³-hybridized carbons (Fsp3) is 0.562. The first-order chi connectivity index (χ1) is 9.83. The van der Waals surface area contributed by atoms with Crippen LogP contribution in [0.1, 0.15) is 29.5 Å². The van der Waals surface area contributed by atoms with E-state index >= 15 is 0 Å². The first-order valence-electron chi connectivity index (χ1n) is 7.52. The molecule has 1 heterocycles. The number of carbonyl (C=O) groups excluding carboxylic acids is 1. The van der Waals surface area contributed by atoms with Gasteiger partial charge in [0.15, 0.2) is 0 Å². The molecule has 1 fully saturated rings.